The van der Waals surface area contributed by atoms with Crippen molar-refractivity contribution in [1.82, 2.24) is 15.1 Å². The Bertz CT molecular complexity index is 1330. The number of amides is 1. The van der Waals surface area contributed by atoms with Gasteiger partial charge in [0, 0.05) is 54.9 Å². The van der Waals surface area contributed by atoms with Gasteiger partial charge in [-0.2, -0.15) is 18.3 Å². The molecule has 204 valence electrons. The van der Waals surface area contributed by atoms with Crippen LogP contribution in [0.25, 0.3) is 5.57 Å². The van der Waals surface area contributed by atoms with E-state index in [1.54, 1.807) is 35.3 Å². The van der Waals surface area contributed by atoms with Gasteiger partial charge in [-0.25, -0.2) is 5.84 Å². The van der Waals surface area contributed by atoms with Crippen LogP contribution in [0, 0.1) is 13.8 Å². The molecule has 0 radical (unpaired) electrons. The number of halogens is 3. The van der Waals surface area contributed by atoms with Crippen molar-refractivity contribution in [2.24, 2.45) is 18.6 Å². The molecule has 0 saturated carbocycles. The molecule has 0 aliphatic carbocycles. The number of rotatable bonds is 9. The summed E-state index contributed by atoms with van der Waals surface area (Å²) in [4.78, 5) is 13.0. The van der Waals surface area contributed by atoms with Crippen molar-refractivity contribution in [2.75, 3.05) is 16.9 Å². The third-order valence-corrected chi connectivity index (χ3v) is 6.22. The summed E-state index contributed by atoms with van der Waals surface area (Å²) < 4.78 is 42.8. The molecule has 8 nitrogen and oxygen atoms in total. The Labute approximate surface area is 220 Å². The van der Waals surface area contributed by atoms with Gasteiger partial charge in [-0.05, 0) is 54.8 Å². The van der Waals surface area contributed by atoms with Crippen LogP contribution in [-0.4, -0.2) is 28.3 Å². The molecule has 1 heterocycles. The van der Waals surface area contributed by atoms with E-state index in [0.29, 0.717) is 5.69 Å². The maximum atomic E-state index is 13.7. The number of aryl methyl sites for hydroxylation is 2. The Balaban J connectivity index is 1.87. The molecule has 1 amide bonds. The van der Waals surface area contributed by atoms with Crippen LogP contribution in [0.3, 0.4) is 0 Å². The summed E-state index contributed by atoms with van der Waals surface area (Å²) in [5.41, 5.74) is 9.40. The van der Waals surface area contributed by atoms with Crippen LogP contribution in [0.15, 0.2) is 48.8 Å². The number of carbonyl (C=O) groups excluding carboxylic acids is 1. The minimum Gasteiger partial charge on any atom is -0.326 e. The number of hydrazine groups is 1. The quantitative estimate of drug-likeness (QED) is 0.240. The van der Waals surface area contributed by atoms with Crippen LogP contribution in [0.1, 0.15) is 52.2 Å². The van der Waals surface area contributed by atoms with Gasteiger partial charge in [0.25, 0.3) is 5.91 Å². The van der Waals surface area contributed by atoms with Crippen molar-refractivity contribution in [1.29, 1.82) is 0 Å². The van der Waals surface area contributed by atoms with Crippen molar-refractivity contribution >= 4 is 22.9 Å². The molecule has 0 spiro atoms. The molecule has 0 unspecified atom stereocenters. The first-order valence-corrected chi connectivity index (χ1v) is 12.1. The molecule has 0 atom stereocenters. The lowest BCUT2D eigenvalue weighted by molar-refractivity contribution is -0.138. The normalized spacial score (nSPS) is 12.2. The molecule has 0 bridgehead atoms. The Morgan fingerprint density at radius 2 is 1.89 bits per heavy atom. The number of nitrogens with zero attached hydrogens (tertiary/aromatic N) is 3. The highest BCUT2D eigenvalue weighted by Crippen LogP contribution is 2.34. The summed E-state index contributed by atoms with van der Waals surface area (Å²) in [6, 6.07) is 8.70. The molecular weight excluding hydrogens is 495 g/mol. The Kier molecular flexibility index (Phi) is 8.97. The second-order valence-corrected chi connectivity index (χ2v) is 9.39. The van der Waals surface area contributed by atoms with Crippen LogP contribution < -0.4 is 27.2 Å². The van der Waals surface area contributed by atoms with Crippen LogP contribution in [0.2, 0.25) is 0 Å². The fourth-order valence-electron chi connectivity index (χ4n) is 3.90. The summed E-state index contributed by atoms with van der Waals surface area (Å²) in [7, 11) is 1.83. The summed E-state index contributed by atoms with van der Waals surface area (Å²) in [5, 5.41) is 11.2. The number of aromatic nitrogens is 2. The highest BCUT2D eigenvalue weighted by molar-refractivity contribution is 6.05. The predicted octanol–water partition coefficient (Wildman–Crippen LogP) is 4.49. The van der Waals surface area contributed by atoms with E-state index >= 15 is 0 Å². The molecule has 11 heteroatoms. The number of nitrogens with one attached hydrogen (secondary N) is 2. The zero-order chi connectivity index (χ0) is 28.2. The average molecular weight is 530 g/mol. The molecule has 0 saturated heterocycles. The standard InChI is InChI=1S/C27H34F3N7O/c1-16(2)33-13-20-8-9-22(11-24(20)27(28,29)30)35-26(38)19-7-6-17(3)25(10-19)37(32)15-21(12-31)23-14-34-36(5)18(23)4/h6-11,14-16,33H,12-13,31-32H2,1-5H3,(H,35,38)/b21-15+. The summed E-state index contributed by atoms with van der Waals surface area (Å²) in [6.45, 7) is 7.73. The molecule has 1 aromatic heterocycles. The van der Waals surface area contributed by atoms with E-state index in [4.69, 9.17) is 11.6 Å². The van der Waals surface area contributed by atoms with Crippen molar-refractivity contribution < 1.29 is 18.0 Å². The molecule has 38 heavy (non-hydrogen) atoms. The summed E-state index contributed by atoms with van der Waals surface area (Å²) >= 11 is 0. The minimum absolute atomic E-state index is 0.0254. The van der Waals surface area contributed by atoms with E-state index in [-0.39, 0.29) is 35.9 Å². The second-order valence-electron chi connectivity index (χ2n) is 9.39. The van der Waals surface area contributed by atoms with Crippen LogP contribution >= 0.6 is 0 Å². The third kappa shape index (κ3) is 6.80. The van der Waals surface area contributed by atoms with E-state index in [1.807, 2.05) is 34.7 Å². The molecular formula is C27H34F3N7O. The highest BCUT2D eigenvalue weighted by Gasteiger charge is 2.33. The molecule has 6 N–H and O–H groups in total. The molecule has 2 aromatic carbocycles. The maximum absolute atomic E-state index is 13.7. The van der Waals surface area contributed by atoms with E-state index in [1.165, 1.54) is 17.1 Å². The topological polar surface area (TPSA) is 114 Å². The minimum atomic E-state index is -4.56. The van der Waals surface area contributed by atoms with Gasteiger partial charge >= 0.3 is 6.18 Å². The average Bonchev–Trinajstić information content (AvgIpc) is 3.18. The summed E-state index contributed by atoms with van der Waals surface area (Å²) in [6.07, 6.45) is -1.18. The van der Waals surface area contributed by atoms with Gasteiger partial charge in [0.1, 0.15) is 0 Å². The maximum Gasteiger partial charge on any atom is 0.416 e. The Hall–Kier alpha value is -3.67. The zero-order valence-electron chi connectivity index (χ0n) is 22.1. The van der Waals surface area contributed by atoms with E-state index < -0.39 is 17.6 Å². The molecule has 3 aromatic rings. The summed E-state index contributed by atoms with van der Waals surface area (Å²) in [5.74, 6) is 5.77. The number of hydrogen-bond acceptors (Lipinski definition) is 6. The van der Waals surface area contributed by atoms with Crippen molar-refractivity contribution in [2.45, 2.75) is 46.5 Å². The smallest absolute Gasteiger partial charge is 0.326 e. The lowest BCUT2D eigenvalue weighted by Crippen LogP contribution is -2.27. The number of carbonyl (C=O) groups is 1. The Morgan fingerprint density at radius 1 is 1.18 bits per heavy atom. The van der Waals surface area contributed by atoms with Gasteiger partial charge in [0.2, 0.25) is 0 Å². The molecule has 0 fully saturated rings. The van der Waals surface area contributed by atoms with Gasteiger partial charge in [-0.15, -0.1) is 0 Å². The molecule has 0 aliphatic heterocycles. The van der Waals surface area contributed by atoms with E-state index in [2.05, 4.69) is 15.7 Å². The second kappa shape index (κ2) is 11.8. The number of alkyl halides is 3. The van der Waals surface area contributed by atoms with E-state index in [0.717, 1.165) is 28.5 Å². The van der Waals surface area contributed by atoms with Crippen molar-refractivity contribution in [3.63, 3.8) is 0 Å². The predicted molar refractivity (Wildman–Crippen MR) is 144 cm³/mol. The first-order chi connectivity index (χ1) is 17.8. The van der Waals surface area contributed by atoms with Crippen LogP contribution in [-0.2, 0) is 19.8 Å². The Morgan fingerprint density at radius 3 is 2.47 bits per heavy atom. The number of hydrogen-bond donors (Lipinski definition) is 4. The van der Waals surface area contributed by atoms with Gasteiger partial charge in [0.15, 0.2) is 0 Å². The lowest BCUT2D eigenvalue weighted by atomic mass is 10.0. The fraction of sp³-hybridized carbons (Fsp3) is 0.333. The number of anilines is 2. The first kappa shape index (κ1) is 28.9. The van der Waals surface area contributed by atoms with Crippen molar-refractivity contribution in [3.8, 4) is 0 Å². The van der Waals surface area contributed by atoms with E-state index in [9.17, 15) is 18.0 Å². The van der Waals surface area contributed by atoms with Gasteiger partial charge in [0.05, 0.1) is 17.4 Å². The van der Waals surface area contributed by atoms with Gasteiger partial charge < -0.3 is 16.4 Å². The number of benzene rings is 2. The fourth-order valence-corrected chi connectivity index (χ4v) is 3.90. The van der Waals surface area contributed by atoms with Crippen molar-refractivity contribution in [3.05, 3.63) is 82.3 Å². The van der Waals surface area contributed by atoms with Gasteiger partial charge in [-0.1, -0.05) is 26.0 Å². The molecule has 3 rings (SSSR count). The zero-order valence-corrected chi connectivity index (χ0v) is 22.1. The SMILES string of the molecule is Cc1ccc(C(=O)Nc2ccc(CNC(C)C)c(C(F)(F)F)c2)cc1N(N)/C=C(\CN)c1cnn(C)c1C. The first-order valence-electron chi connectivity index (χ1n) is 12.1. The van der Waals surface area contributed by atoms with Gasteiger partial charge in [-0.3, -0.25) is 14.5 Å². The number of nitrogens with two attached hydrogens (primary N) is 2. The third-order valence-electron chi connectivity index (χ3n) is 6.22. The lowest BCUT2D eigenvalue weighted by Gasteiger charge is -2.20. The largest absolute Gasteiger partial charge is 0.416 e. The monoisotopic (exact) mass is 529 g/mol. The highest BCUT2D eigenvalue weighted by atomic mass is 19.4. The molecule has 0 aliphatic rings. The van der Waals surface area contributed by atoms with Crippen LogP contribution in [0.5, 0.6) is 0 Å². The van der Waals surface area contributed by atoms with Crippen LogP contribution in [0.4, 0.5) is 24.5 Å².